The third-order valence-corrected chi connectivity index (χ3v) is 5.74. The van der Waals surface area contributed by atoms with Gasteiger partial charge in [-0.25, -0.2) is 0 Å². The molecule has 0 saturated heterocycles. The number of ketones is 1. The van der Waals surface area contributed by atoms with E-state index in [0.717, 1.165) is 16.7 Å². The van der Waals surface area contributed by atoms with Crippen molar-refractivity contribution in [1.82, 2.24) is 0 Å². The lowest BCUT2D eigenvalue weighted by atomic mass is 9.82. The van der Waals surface area contributed by atoms with Gasteiger partial charge in [0.15, 0.2) is 0 Å². The van der Waals surface area contributed by atoms with Gasteiger partial charge in [0.25, 0.3) is 0 Å². The Kier molecular flexibility index (Phi) is 8.44. The highest BCUT2D eigenvalue weighted by atomic mass is 35.5. The number of hydrogen-bond acceptors (Lipinski definition) is 5. The summed E-state index contributed by atoms with van der Waals surface area (Å²) < 4.78 is 0. The minimum atomic E-state index is -1.04. The minimum Gasteiger partial charge on any atom is -0.508 e. The van der Waals surface area contributed by atoms with E-state index in [0.29, 0.717) is 29.8 Å². The normalized spacial score (nSPS) is 13.8. The Labute approximate surface area is 183 Å². The van der Waals surface area contributed by atoms with Crippen LogP contribution in [0.4, 0.5) is 0 Å². The van der Waals surface area contributed by atoms with Gasteiger partial charge >= 0.3 is 0 Å². The molecule has 0 bridgehead atoms. The van der Waals surface area contributed by atoms with Gasteiger partial charge in [0.2, 0.25) is 0 Å². The summed E-state index contributed by atoms with van der Waals surface area (Å²) in [7, 11) is 0. The number of halogens is 1. The first-order valence-corrected chi connectivity index (χ1v) is 10.6. The SMILES string of the molecule is C[C@H](CCC(=O)Cc1cc(O)ccc1Cl)c1cccc(C(C)(C)O)c1C[C@@H](N)CO. The van der Waals surface area contributed by atoms with E-state index >= 15 is 0 Å². The van der Waals surface area contributed by atoms with Gasteiger partial charge in [0, 0.05) is 23.9 Å². The molecule has 5 N–H and O–H groups in total. The van der Waals surface area contributed by atoms with Gasteiger partial charge in [-0.1, -0.05) is 36.7 Å². The van der Waals surface area contributed by atoms with E-state index in [2.05, 4.69) is 0 Å². The van der Waals surface area contributed by atoms with Crippen molar-refractivity contribution >= 4 is 17.4 Å². The third-order valence-electron chi connectivity index (χ3n) is 5.38. The molecule has 30 heavy (non-hydrogen) atoms. The van der Waals surface area contributed by atoms with Crippen LogP contribution in [0.1, 0.15) is 61.8 Å². The molecule has 164 valence electrons. The first-order valence-electron chi connectivity index (χ1n) is 10.2. The van der Waals surface area contributed by atoms with Crippen LogP contribution in [0, 0.1) is 0 Å². The zero-order chi connectivity index (χ0) is 22.5. The fraction of sp³-hybridized carbons (Fsp3) is 0.458. The average Bonchev–Trinajstić information content (AvgIpc) is 2.68. The Bertz CT molecular complexity index is 876. The van der Waals surface area contributed by atoms with Gasteiger partial charge in [-0.05, 0) is 73.1 Å². The second-order valence-electron chi connectivity index (χ2n) is 8.51. The second-order valence-corrected chi connectivity index (χ2v) is 8.92. The van der Waals surface area contributed by atoms with Crippen molar-refractivity contribution in [3.05, 3.63) is 63.7 Å². The van der Waals surface area contributed by atoms with Crippen LogP contribution in [0.25, 0.3) is 0 Å². The van der Waals surface area contributed by atoms with Gasteiger partial charge in [-0.3, -0.25) is 4.79 Å². The monoisotopic (exact) mass is 433 g/mol. The zero-order valence-electron chi connectivity index (χ0n) is 17.9. The predicted octanol–water partition coefficient (Wildman–Crippen LogP) is 3.83. The molecule has 0 fully saturated rings. The molecule has 0 amide bonds. The van der Waals surface area contributed by atoms with Crippen molar-refractivity contribution in [3.8, 4) is 5.75 Å². The molecule has 2 aromatic rings. The Hall–Kier alpha value is -1.92. The number of rotatable bonds is 10. The first kappa shape index (κ1) is 24.4. The van der Waals surface area contributed by atoms with Crippen molar-refractivity contribution in [2.75, 3.05) is 6.61 Å². The van der Waals surface area contributed by atoms with E-state index in [4.69, 9.17) is 17.3 Å². The Morgan fingerprint density at radius 1 is 1.23 bits per heavy atom. The standard InChI is InChI=1S/C24H32ClNO4/c1-15(7-8-18(28)11-16-12-19(29)9-10-23(16)25)20-5-4-6-22(24(2,3)30)21(20)13-17(26)14-27/h4-6,9-10,12,15,17,27,29-30H,7-8,11,13-14,26H2,1-3H3/t15-,17-/m1/s1. The maximum Gasteiger partial charge on any atom is 0.137 e. The van der Waals surface area contributed by atoms with Crippen molar-refractivity contribution in [1.29, 1.82) is 0 Å². The third kappa shape index (κ3) is 6.54. The van der Waals surface area contributed by atoms with E-state index in [9.17, 15) is 20.1 Å². The van der Waals surface area contributed by atoms with Crippen molar-refractivity contribution < 1.29 is 20.1 Å². The number of Topliss-reactive ketones (excluding diaryl/α,β-unsaturated/α-hetero) is 1. The summed E-state index contributed by atoms with van der Waals surface area (Å²) in [6.45, 7) is 5.36. The highest BCUT2D eigenvalue weighted by molar-refractivity contribution is 6.31. The quantitative estimate of drug-likeness (QED) is 0.456. The number of aliphatic hydroxyl groups excluding tert-OH is 1. The number of carbonyl (C=O) groups excluding carboxylic acids is 1. The molecular weight excluding hydrogens is 402 g/mol. The molecule has 0 heterocycles. The number of benzene rings is 2. The zero-order valence-corrected chi connectivity index (χ0v) is 18.6. The number of phenolic OH excluding ortho intramolecular Hbond substituents is 1. The maximum atomic E-state index is 12.5. The number of nitrogens with two attached hydrogens (primary N) is 1. The van der Waals surface area contributed by atoms with Gasteiger partial charge in [-0.2, -0.15) is 0 Å². The van der Waals surface area contributed by atoms with E-state index in [1.165, 1.54) is 12.1 Å². The molecule has 0 spiro atoms. The van der Waals surface area contributed by atoms with Crippen LogP contribution in [0.2, 0.25) is 5.02 Å². The molecule has 0 aliphatic carbocycles. The maximum absolute atomic E-state index is 12.5. The second kappa shape index (κ2) is 10.4. The van der Waals surface area contributed by atoms with Crippen LogP contribution >= 0.6 is 11.6 Å². The first-order chi connectivity index (χ1) is 14.0. The number of hydrogen-bond donors (Lipinski definition) is 4. The molecule has 2 aromatic carbocycles. The molecule has 5 nitrogen and oxygen atoms in total. The smallest absolute Gasteiger partial charge is 0.137 e. The summed E-state index contributed by atoms with van der Waals surface area (Å²) in [6.07, 6.45) is 1.62. The highest BCUT2D eigenvalue weighted by Gasteiger charge is 2.25. The van der Waals surface area contributed by atoms with Gasteiger partial charge in [0.05, 0.1) is 12.2 Å². The van der Waals surface area contributed by atoms with Crippen molar-refractivity contribution in [2.24, 2.45) is 5.73 Å². The summed E-state index contributed by atoms with van der Waals surface area (Å²) in [6, 6.07) is 9.95. The Morgan fingerprint density at radius 3 is 2.57 bits per heavy atom. The Morgan fingerprint density at radius 2 is 1.93 bits per heavy atom. The van der Waals surface area contributed by atoms with Crippen LogP contribution in [0.15, 0.2) is 36.4 Å². The molecule has 2 atom stereocenters. The summed E-state index contributed by atoms with van der Waals surface area (Å²) in [5, 5.41) is 30.1. The van der Waals surface area contributed by atoms with Crippen LogP contribution in [0.3, 0.4) is 0 Å². The lowest BCUT2D eigenvalue weighted by molar-refractivity contribution is -0.118. The predicted molar refractivity (Wildman–Crippen MR) is 120 cm³/mol. The van der Waals surface area contributed by atoms with Crippen molar-refractivity contribution in [2.45, 2.75) is 64.0 Å². The lowest BCUT2D eigenvalue weighted by Crippen LogP contribution is -2.30. The molecule has 0 aliphatic rings. The lowest BCUT2D eigenvalue weighted by Gasteiger charge is -2.27. The molecule has 2 rings (SSSR count). The Balaban J connectivity index is 2.16. The molecule has 0 unspecified atom stereocenters. The summed E-state index contributed by atoms with van der Waals surface area (Å²) in [5.74, 6) is 0.197. The summed E-state index contributed by atoms with van der Waals surface area (Å²) >= 11 is 6.12. The average molecular weight is 434 g/mol. The van der Waals surface area contributed by atoms with Crippen LogP contribution in [0.5, 0.6) is 5.75 Å². The van der Waals surface area contributed by atoms with E-state index in [-0.39, 0.29) is 30.5 Å². The van der Waals surface area contributed by atoms with Crippen LogP contribution in [-0.2, 0) is 23.2 Å². The number of carbonyl (C=O) groups is 1. The topological polar surface area (TPSA) is 104 Å². The summed E-state index contributed by atoms with van der Waals surface area (Å²) in [5.41, 5.74) is 8.33. The molecular formula is C24H32ClNO4. The fourth-order valence-electron chi connectivity index (χ4n) is 3.72. The largest absolute Gasteiger partial charge is 0.508 e. The molecule has 0 aromatic heterocycles. The van der Waals surface area contributed by atoms with Gasteiger partial charge < -0.3 is 21.1 Å². The number of phenols is 1. The summed E-state index contributed by atoms with van der Waals surface area (Å²) in [4.78, 5) is 12.5. The van der Waals surface area contributed by atoms with E-state index in [1.807, 2.05) is 25.1 Å². The molecule has 0 aliphatic heterocycles. The van der Waals surface area contributed by atoms with Gasteiger partial charge in [-0.15, -0.1) is 0 Å². The minimum absolute atomic E-state index is 0.0432. The number of aliphatic hydroxyl groups is 2. The number of aromatic hydroxyl groups is 1. The molecule has 6 heteroatoms. The fourth-order valence-corrected chi connectivity index (χ4v) is 3.91. The van der Waals surface area contributed by atoms with Crippen LogP contribution < -0.4 is 5.73 Å². The van der Waals surface area contributed by atoms with Crippen molar-refractivity contribution in [3.63, 3.8) is 0 Å². The van der Waals surface area contributed by atoms with Gasteiger partial charge in [0.1, 0.15) is 11.5 Å². The van der Waals surface area contributed by atoms with E-state index < -0.39 is 11.6 Å². The molecule has 0 saturated carbocycles. The molecule has 0 radical (unpaired) electrons. The highest BCUT2D eigenvalue weighted by Crippen LogP contribution is 2.33. The van der Waals surface area contributed by atoms with E-state index in [1.54, 1.807) is 19.9 Å². The van der Waals surface area contributed by atoms with Crippen LogP contribution in [-0.4, -0.2) is 33.8 Å².